The normalized spacial score (nSPS) is 24.8. The van der Waals surface area contributed by atoms with Crippen molar-refractivity contribution in [3.63, 3.8) is 0 Å². The molecule has 1 N–H and O–H groups in total. The van der Waals surface area contributed by atoms with Gasteiger partial charge in [0.1, 0.15) is 5.60 Å². The maximum Gasteiger partial charge on any atom is 0.117 e. The van der Waals surface area contributed by atoms with E-state index in [2.05, 4.69) is 25.9 Å². The van der Waals surface area contributed by atoms with Crippen LogP contribution in [0.5, 0.6) is 0 Å². The van der Waals surface area contributed by atoms with Gasteiger partial charge >= 0.3 is 0 Å². The van der Waals surface area contributed by atoms with Crippen LogP contribution >= 0.6 is 27.7 Å². The summed E-state index contributed by atoms with van der Waals surface area (Å²) in [6.45, 7) is 1.73. The summed E-state index contributed by atoms with van der Waals surface area (Å²) >= 11 is 5.30. The van der Waals surface area contributed by atoms with Gasteiger partial charge in [-0.15, -0.1) is 0 Å². The second-order valence-corrected chi connectivity index (χ2v) is 6.66. The summed E-state index contributed by atoms with van der Waals surface area (Å²) in [7, 11) is 4.08. The first-order chi connectivity index (χ1) is 8.03. The zero-order valence-corrected chi connectivity index (χ0v) is 12.6. The van der Waals surface area contributed by atoms with Crippen LogP contribution in [0.25, 0.3) is 0 Å². The van der Waals surface area contributed by atoms with Gasteiger partial charge in [-0.2, -0.15) is 16.9 Å². The zero-order chi connectivity index (χ0) is 12.5. The third-order valence-electron chi connectivity index (χ3n) is 3.00. The molecule has 1 aromatic heterocycles. The Balaban J connectivity index is 2.23. The minimum atomic E-state index is -0.716. The maximum atomic E-state index is 10.7. The fraction of sp³-hybridized carbons (Fsp3) is 0.727. The largest absolute Gasteiger partial charge is 0.383 e. The second-order valence-electron chi connectivity index (χ2n) is 4.70. The Morgan fingerprint density at radius 3 is 3.00 bits per heavy atom. The van der Waals surface area contributed by atoms with Crippen molar-refractivity contribution in [1.29, 1.82) is 0 Å². The average Bonchev–Trinajstić information content (AvgIpc) is 2.83. The molecule has 0 aliphatic carbocycles. The van der Waals surface area contributed by atoms with Gasteiger partial charge in [0.2, 0.25) is 0 Å². The fourth-order valence-corrected chi connectivity index (χ4v) is 3.94. The molecule has 1 unspecified atom stereocenters. The lowest BCUT2D eigenvalue weighted by Crippen LogP contribution is -2.31. The van der Waals surface area contributed by atoms with Gasteiger partial charge in [0, 0.05) is 12.3 Å². The van der Waals surface area contributed by atoms with E-state index in [1.54, 1.807) is 18.0 Å². The van der Waals surface area contributed by atoms with E-state index in [1.807, 2.05) is 18.8 Å². The fourth-order valence-electron chi connectivity index (χ4n) is 2.03. The van der Waals surface area contributed by atoms with E-state index < -0.39 is 5.60 Å². The summed E-state index contributed by atoms with van der Waals surface area (Å²) in [5.74, 6) is 1.78. The minimum Gasteiger partial charge on any atom is -0.383 e. The van der Waals surface area contributed by atoms with Crippen molar-refractivity contribution in [3.8, 4) is 0 Å². The van der Waals surface area contributed by atoms with Crippen molar-refractivity contribution in [2.75, 3.05) is 32.1 Å². The van der Waals surface area contributed by atoms with Gasteiger partial charge in [-0.05, 0) is 42.2 Å². The molecule has 0 aromatic carbocycles. The number of nitrogens with zero attached hydrogens (tertiary/aromatic N) is 3. The van der Waals surface area contributed by atoms with Gasteiger partial charge in [0.05, 0.1) is 22.9 Å². The molecule has 96 valence electrons. The molecule has 0 bridgehead atoms. The number of likely N-dealkylation sites (N-methyl/N-ethyl adjacent to an activating group) is 1. The summed E-state index contributed by atoms with van der Waals surface area (Å²) in [6.07, 6.45) is 2.59. The Labute approximate surface area is 114 Å². The lowest BCUT2D eigenvalue weighted by atomic mass is 9.99. The molecule has 2 rings (SSSR count). The van der Waals surface area contributed by atoms with Crippen molar-refractivity contribution in [1.82, 2.24) is 14.7 Å². The first kappa shape index (κ1) is 13.4. The molecule has 1 saturated heterocycles. The average molecular weight is 320 g/mol. The quantitative estimate of drug-likeness (QED) is 0.914. The Morgan fingerprint density at radius 2 is 2.41 bits per heavy atom. The van der Waals surface area contributed by atoms with E-state index in [1.165, 1.54) is 0 Å². The Morgan fingerprint density at radius 1 is 1.65 bits per heavy atom. The summed E-state index contributed by atoms with van der Waals surface area (Å²) in [6, 6.07) is 0. The molecule has 0 saturated carbocycles. The lowest BCUT2D eigenvalue weighted by Gasteiger charge is -2.24. The number of hydrogen-bond acceptors (Lipinski definition) is 4. The number of rotatable bonds is 4. The predicted octanol–water partition coefficient (Wildman–Crippen LogP) is 1.53. The van der Waals surface area contributed by atoms with Gasteiger partial charge < -0.3 is 10.0 Å². The summed E-state index contributed by atoms with van der Waals surface area (Å²) in [5.41, 5.74) is 0.219. The SMILES string of the molecule is CN(C)CCn1ncc(Br)c1C1(O)CCSC1. The molecule has 1 aliphatic rings. The molecule has 1 atom stereocenters. The molecule has 0 spiro atoms. The molecule has 1 aliphatic heterocycles. The van der Waals surface area contributed by atoms with E-state index >= 15 is 0 Å². The van der Waals surface area contributed by atoms with Gasteiger partial charge in [-0.25, -0.2) is 0 Å². The molecule has 4 nitrogen and oxygen atoms in total. The van der Waals surface area contributed by atoms with Gasteiger partial charge in [0.15, 0.2) is 0 Å². The lowest BCUT2D eigenvalue weighted by molar-refractivity contribution is 0.0546. The van der Waals surface area contributed by atoms with Crippen LogP contribution in [0.3, 0.4) is 0 Å². The molecule has 2 heterocycles. The summed E-state index contributed by atoms with van der Waals surface area (Å²) in [5, 5.41) is 15.0. The Bertz CT molecular complexity index is 388. The van der Waals surface area contributed by atoms with Crippen LogP contribution in [0.1, 0.15) is 12.1 Å². The van der Waals surface area contributed by atoms with Gasteiger partial charge in [0.25, 0.3) is 0 Å². The molecule has 0 radical (unpaired) electrons. The molecule has 17 heavy (non-hydrogen) atoms. The first-order valence-corrected chi connectivity index (χ1v) is 7.64. The molecule has 1 fully saturated rings. The van der Waals surface area contributed by atoms with Crippen molar-refractivity contribution < 1.29 is 5.11 Å². The van der Waals surface area contributed by atoms with E-state index in [4.69, 9.17) is 0 Å². The zero-order valence-electron chi connectivity index (χ0n) is 10.2. The standard InChI is InChI=1S/C11H18BrN3OS/c1-14(2)4-5-15-10(9(12)7-13-15)11(16)3-6-17-8-11/h7,16H,3-6,8H2,1-2H3. The topological polar surface area (TPSA) is 41.3 Å². The third kappa shape index (κ3) is 2.86. The molecule has 1 aromatic rings. The molecular weight excluding hydrogens is 302 g/mol. The number of halogens is 1. The summed E-state index contributed by atoms with van der Waals surface area (Å²) < 4.78 is 2.84. The van der Waals surface area contributed by atoms with Crippen LogP contribution < -0.4 is 0 Å². The number of hydrogen-bond donors (Lipinski definition) is 1. The smallest absolute Gasteiger partial charge is 0.117 e. The van der Waals surface area contributed by atoms with Gasteiger partial charge in [-0.3, -0.25) is 4.68 Å². The maximum absolute atomic E-state index is 10.7. The number of aliphatic hydroxyl groups is 1. The highest BCUT2D eigenvalue weighted by Crippen LogP contribution is 2.39. The highest BCUT2D eigenvalue weighted by atomic mass is 79.9. The Hall–Kier alpha value is -0.0400. The minimum absolute atomic E-state index is 0.716. The van der Waals surface area contributed by atoms with Crippen molar-refractivity contribution in [2.45, 2.75) is 18.6 Å². The van der Waals surface area contributed by atoms with E-state index in [9.17, 15) is 5.11 Å². The molecule has 6 heteroatoms. The Kier molecular flexibility index (Phi) is 4.18. The second kappa shape index (κ2) is 5.30. The molecule has 0 amide bonds. The highest BCUT2D eigenvalue weighted by molar-refractivity contribution is 9.10. The first-order valence-electron chi connectivity index (χ1n) is 5.69. The predicted molar refractivity (Wildman–Crippen MR) is 74.3 cm³/mol. The summed E-state index contributed by atoms with van der Waals surface area (Å²) in [4.78, 5) is 2.12. The van der Waals surface area contributed by atoms with Crippen molar-refractivity contribution in [2.24, 2.45) is 0 Å². The van der Waals surface area contributed by atoms with Crippen LogP contribution in [0.15, 0.2) is 10.7 Å². The monoisotopic (exact) mass is 319 g/mol. The van der Waals surface area contributed by atoms with Crippen LogP contribution in [0, 0.1) is 0 Å². The number of thioether (sulfide) groups is 1. The highest BCUT2D eigenvalue weighted by Gasteiger charge is 2.38. The van der Waals surface area contributed by atoms with Crippen molar-refractivity contribution in [3.05, 3.63) is 16.4 Å². The number of aromatic nitrogens is 2. The van der Waals surface area contributed by atoms with E-state index in [0.717, 1.165) is 41.2 Å². The van der Waals surface area contributed by atoms with Gasteiger partial charge in [-0.1, -0.05) is 0 Å². The van der Waals surface area contributed by atoms with Crippen LogP contribution in [-0.4, -0.2) is 51.9 Å². The van der Waals surface area contributed by atoms with Crippen LogP contribution in [0.2, 0.25) is 0 Å². The molecular formula is C11H18BrN3OS. The third-order valence-corrected chi connectivity index (χ3v) is 4.75. The van der Waals surface area contributed by atoms with E-state index in [-0.39, 0.29) is 0 Å². The van der Waals surface area contributed by atoms with Crippen LogP contribution in [0.4, 0.5) is 0 Å². The van der Waals surface area contributed by atoms with E-state index in [0.29, 0.717) is 0 Å². The van der Waals surface area contributed by atoms with Crippen LogP contribution in [-0.2, 0) is 12.1 Å². The van der Waals surface area contributed by atoms with Crippen molar-refractivity contribution >= 4 is 27.7 Å².